The molecule has 4 rings (SSSR count). The van der Waals surface area contributed by atoms with E-state index in [9.17, 15) is 14.4 Å². The van der Waals surface area contributed by atoms with Gasteiger partial charge in [-0.1, -0.05) is 12.1 Å². The standard InChI is InChI=1S/C19H24N2O5/c1-19(2,3)26-18(24)20-10-12-5-4-6-13(9-12)16(22)21-11-14-7-8-15(21)17(23)25-14/h4-6,9,14-15H,7-8,10-11H2,1-3H3,(H,20,24)/t14-,15-/m0/s1. The van der Waals surface area contributed by atoms with Crippen molar-refractivity contribution in [3.8, 4) is 0 Å². The molecule has 1 aromatic rings. The third-order valence-electron chi connectivity index (χ3n) is 4.36. The lowest BCUT2D eigenvalue weighted by molar-refractivity contribution is -0.172. The molecule has 1 aromatic carbocycles. The molecule has 0 saturated carbocycles. The van der Waals surface area contributed by atoms with Crippen LogP contribution in [0.3, 0.4) is 0 Å². The molecule has 1 N–H and O–H groups in total. The van der Waals surface area contributed by atoms with E-state index < -0.39 is 17.7 Å². The first-order valence-corrected chi connectivity index (χ1v) is 8.80. The number of carbonyl (C=O) groups is 3. The van der Waals surface area contributed by atoms with Gasteiger partial charge in [-0.05, 0) is 51.3 Å². The topological polar surface area (TPSA) is 84.9 Å². The molecule has 0 radical (unpaired) electrons. The molecule has 3 heterocycles. The number of morpholine rings is 1. The number of benzene rings is 1. The first-order valence-electron chi connectivity index (χ1n) is 8.80. The molecule has 3 saturated heterocycles. The lowest BCUT2D eigenvalue weighted by Crippen LogP contribution is -2.59. The number of amides is 2. The minimum atomic E-state index is -0.565. The van der Waals surface area contributed by atoms with E-state index in [1.807, 2.05) is 6.07 Å². The predicted octanol–water partition coefficient (Wildman–Crippen LogP) is 2.24. The van der Waals surface area contributed by atoms with Gasteiger partial charge in [0.1, 0.15) is 17.7 Å². The van der Waals surface area contributed by atoms with Crippen molar-refractivity contribution in [3.63, 3.8) is 0 Å². The zero-order valence-electron chi connectivity index (χ0n) is 15.3. The average Bonchev–Trinajstić information content (AvgIpc) is 2.58. The molecule has 3 aliphatic rings. The van der Waals surface area contributed by atoms with E-state index in [2.05, 4.69) is 5.32 Å². The van der Waals surface area contributed by atoms with Gasteiger partial charge >= 0.3 is 12.1 Å². The molecular weight excluding hydrogens is 336 g/mol. The molecule has 26 heavy (non-hydrogen) atoms. The Morgan fingerprint density at radius 3 is 2.73 bits per heavy atom. The van der Waals surface area contributed by atoms with Crippen molar-refractivity contribution >= 4 is 18.0 Å². The average molecular weight is 360 g/mol. The summed E-state index contributed by atoms with van der Waals surface area (Å²) in [5.41, 5.74) is 0.713. The van der Waals surface area contributed by atoms with Crippen molar-refractivity contribution in [3.05, 3.63) is 35.4 Å². The van der Waals surface area contributed by atoms with Crippen molar-refractivity contribution in [1.82, 2.24) is 10.2 Å². The van der Waals surface area contributed by atoms with Crippen LogP contribution in [0, 0.1) is 0 Å². The Balaban J connectivity index is 1.65. The zero-order chi connectivity index (χ0) is 18.9. The monoisotopic (exact) mass is 360 g/mol. The van der Waals surface area contributed by atoms with Crippen molar-refractivity contribution < 1.29 is 23.9 Å². The zero-order valence-corrected chi connectivity index (χ0v) is 15.3. The summed E-state index contributed by atoms with van der Waals surface area (Å²) in [6, 6.07) is 6.54. The van der Waals surface area contributed by atoms with Gasteiger partial charge in [0.2, 0.25) is 0 Å². The maximum atomic E-state index is 12.8. The Hall–Kier alpha value is -2.57. The number of piperidine rings is 1. The maximum absolute atomic E-state index is 12.8. The number of ether oxygens (including phenoxy) is 2. The summed E-state index contributed by atoms with van der Waals surface area (Å²) in [4.78, 5) is 38.1. The molecule has 2 atom stereocenters. The molecule has 3 fully saturated rings. The van der Waals surface area contributed by atoms with Crippen molar-refractivity contribution in [2.75, 3.05) is 6.54 Å². The second-order valence-corrected chi connectivity index (χ2v) is 7.67. The predicted molar refractivity (Wildman–Crippen MR) is 93.5 cm³/mol. The number of alkyl carbamates (subject to hydrolysis) is 1. The number of fused-ring (bicyclic) bond motifs is 3. The number of hydrogen-bond donors (Lipinski definition) is 1. The van der Waals surface area contributed by atoms with Gasteiger partial charge in [-0.25, -0.2) is 9.59 Å². The SMILES string of the molecule is CC(C)(C)OC(=O)NCc1cccc(C(=O)N2C[C@@H]3CC[C@H]2C(=O)O3)c1. The van der Waals surface area contributed by atoms with Crippen LogP contribution in [0.1, 0.15) is 49.5 Å². The van der Waals surface area contributed by atoms with E-state index in [-0.39, 0.29) is 24.5 Å². The van der Waals surface area contributed by atoms with Crippen LogP contribution in [0.5, 0.6) is 0 Å². The fraction of sp³-hybridized carbons (Fsp3) is 0.526. The van der Waals surface area contributed by atoms with Crippen LogP contribution in [0.2, 0.25) is 0 Å². The van der Waals surface area contributed by atoms with E-state index in [0.717, 1.165) is 12.0 Å². The fourth-order valence-electron chi connectivity index (χ4n) is 3.21. The molecule has 3 aliphatic heterocycles. The highest BCUT2D eigenvalue weighted by Gasteiger charge is 2.43. The summed E-state index contributed by atoms with van der Waals surface area (Å²) < 4.78 is 10.4. The molecule has 0 aliphatic carbocycles. The van der Waals surface area contributed by atoms with Crippen LogP contribution in [0.15, 0.2) is 24.3 Å². The number of carbonyl (C=O) groups excluding carboxylic acids is 3. The van der Waals surface area contributed by atoms with Crippen molar-refractivity contribution in [1.29, 1.82) is 0 Å². The molecule has 0 unspecified atom stereocenters. The first-order chi connectivity index (χ1) is 12.2. The number of nitrogens with zero attached hydrogens (tertiary/aromatic N) is 1. The van der Waals surface area contributed by atoms with Gasteiger partial charge in [-0.2, -0.15) is 0 Å². The number of nitrogens with one attached hydrogen (secondary N) is 1. The minimum absolute atomic E-state index is 0.185. The molecule has 140 valence electrons. The van der Waals surface area contributed by atoms with Crippen LogP contribution in [0.4, 0.5) is 4.79 Å². The fourth-order valence-corrected chi connectivity index (χ4v) is 3.21. The summed E-state index contributed by atoms with van der Waals surface area (Å²) in [5, 5.41) is 2.68. The number of esters is 1. The Morgan fingerprint density at radius 2 is 2.08 bits per heavy atom. The third-order valence-corrected chi connectivity index (χ3v) is 4.36. The Morgan fingerprint density at radius 1 is 1.31 bits per heavy atom. The van der Waals surface area contributed by atoms with E-state index in [1.165, 1.54) is 0 Å². The summed E-state index contributed by atoms with van der Waals surface area (Å²) in [7, 11) is 0. The van der Waals surface area contributed by atoms with Crippen LogP contribution in [-0.2, 0) is 20.8 Å². The minimum Gasteiger partial charge on any atom is -0.459 e. The number of rotatable bonds is 3. The lowest BCUT2D eigenvalue weighted by atomic mass is 9.95. The van der Waals surface area contributed by atoms with Gasteiger partial charge in [0, 0.05) is 12.1 Å². The second-order valence-electron chi connectivity index (χ2n) is 7.67. The first kappa shape index (κ1) is 18.2. The highest BCUT2D eigenvalue weighted by atomic mass is 16.6. The summed E-state index contributed by atoms with van der Waals surface area (Å²) in [5.74, 6) is -0.501. The largest absolute Gasteiger partial charge is 0.459 e. The van der Waals surface area contributed by atoms with Gasteiger partial charge in [-0.3, -0.25) is 4.79 Å². The summed E-state index contributed by atoms with van der Waals surface area (Å²) >= 11 is 0. The number of hydrogen-bond acceptors (Lipinski definition) is 5. The quantitative estimate of drug-likeness (QED) is 0.836. The Kier molecular flexibility index (Phi) is 4.89. The van der Waals surface area contributed by atoms with Gasteiger partial charge in [0.25, 0.3) is 5.91 Å². The van der Waals surface area contributed by atoms with Gasteiger partial charge < -0.3 is 19.7 Å². The molecule has 0 spiro atoms. The molecule has 0 aromatic heterocycles. The molecule has 7 nitrogen and oxygen atoms in total. The van der Waals surface area contributed by atoms with Crippen molar-refractivity contribution in [2.24, 2.45) is 0 Å². The lowest BCUT2D eigenvalue weighted by Gasteiger charge is -2.43. The van der Waals surface area contributed by atoms with Gasteiger partial charge in [0.15, 0.2) is 0 Å². The van der Waals surface area contributed by atoms with E-state index in [4.69, 9.17) is 9.47 Å². The molecule has 7 heteroatoms. The third kappa shape index (κ3) is 4.15. The van der Waals surface area contributed by atoms with Crippen LogP contribution >= 0.6 is 0 Å². The highest BCUT2D eigenvalue weighted by molar-refractivity contribution is 5.97. The molecule has 2 bridgehead atoms. The normalized spacial score (nSPS) is 22.0. The van der Waals surface area contributed by atoms with Gasteiger partial charge in [0.05, 0.1) is 6.54 Å². The van der Waals surface area contributed by atoms with Crippen molar-refractivity contribution in [2.45, 2.75) is 57.9 Å². The summed E-state index contributed by atoms with van der Waals surface area (Å²) in [6.07, 6.45) is 0.744. The van der Waals surface area contributed by atoms with E-state index in [0.29, 0.717) is 18.5 Å². The van der Waals surface area contributed by atoms with Crippen LogP contribution < -0.4 is 5.32 Å². The van der Waals surface area contributed by atoms with Crippen LogP contribution in [0.25, 0.3) is 0 Å². The second kappa shape index (κ2) is 6.97. The smallest absolute Gasteiger partial charge is 0.407 e. The van der Waals surface area contributed by atoms with Crippen LogP contribution in [-0.4, -0.2) is 47.2 Å². The maximum Gasteiger partial charge on any atom is 0.407 e. The Bertz CT molecular complexity index is 725. The van der Waals surface area contributed by atoms with E-state index >= 15 is 0 Å². The van der Waals surface area contributed by atoms with E-state index in [1.54, 1.807) is 43.9 Å². The summed E-state index contributed by atoms with van der Waals surface area (Å²) in [6.45, 7) is 6.08. The molecule has 2 amide bonds. The van der Waals surface area contributed by atoms with Gasteiger partial charge in [-0.15, -0.1) is 0 Å². The highest BCUT2D eigenvalue weighted by Crippen LogP contribution is 2.28. The molecular formula is C19H24N2O5. The Labute approximate surface area is 152 Å².